The molecule has 0 bridgehead atoms. The second-order valence-electron chi connectivity index (χ2n) is 4.72. The van der Waals surface area contributed by atoms with Gasteiger partial charge in [0.25, 0.3) is 0 Å². The van der Waals surface area contributed by atoms with E-state index in [9.17, 15) is 4.79 Å². The Balaban J connectivity index is 2.64. The van der Waals surface area contributed by atoms with E-state index in [1.807, 2.05) is 36.0 Å². The van der Waals surface area contributed by atoms with Gasteiger partial charge in [-0.3, -0.25) is 9.69 Å². The predicted octanol–water partition coefficient (Wildman–Crippen LogP) is 1.01. The molecule has 5 heteroatoms. The van der Waals surface area contributed by atoms with Gasteiger partial charge in [-0.25, -0.2) is 0 Å². The minimum Gasteiger partial charge on any atom is -0.480 e. The molecule has 1 rings (SSSR count). The lowest BCUT2D eigenvalue weighted by Crippen LogP contribution is -2.35. The fraction of sp³-hybridized carbons (Fsp3) is 0.429. The van der Waals surface area contributed by atoms with Crippen LogP contribution in [0.5, 0.6) is 0 Å². The number of hydrogen-bond donors (Lipinski definition) is 1. The number of rotatable bonds is 7. The van der Waals surface area contributed by atoms with E-state index in [0.717, 1.165) is 12.1 Å². The van der Waals surface area contributed by atoms with E-state index in [1.54, 1.807) is 12.1 Å². The van der Waals surface area contributed by atoms with Crippen LogP contribution >= 0.6 is 0 Å². The van der Waals surface area contributed by atoms with Crippen molar-refractivity contribution in [3.63, 3.8) is 0 Å². The number of nitrogens with zero attached hydrogens (tertiary/aromatic N) is 3. The van der Waals surface area contributed by atoms with Crippen LogP contribution in [0, 0.1) is 11.3 Å². The topological polar surface area (TPSA) is 67.6 Å². The van der Waals surface area contributed by atoms with Crippen molar-refractivity contribution in [1.29, 1.82) is 5.26 Å². The summed E-state index contributed by atoms with van der Waals surface area (Å²) in [5.74, 6) is -0.826. The van der Waals surface area contributed by atoms with Gasteiger partial charge in [0.05, 0.1) is 18.2 Å². The highest BCUT2D eigenvalue weighted by atomic mass is 16.4. The number of hydrogen-bond acceptors (Lipinski definition) is 4. The van der Waals surface area contributed by atoms with Gasteiger partial charge in [-0.15, -0.1) is 0 Å². The van der Waals surface area contributed by atoms with Crippen molar-refractivity contribution >= 4 is 5.97 Å². The molecule has 1 N–H and O–H groups in total. The third-order valence-corrected chi connectivity index (χ3v) is 2.71. The van der Waals surface area contributed by atoms with E-state index < -0.39 is 5.97 Å². The molecule has 0 saturated heterocycles. The monoisotopic (exact) mass is 261 g/mol. The van der Waals surface area contributed by atoms with Crippen molar-refractivity contribution in [3.8, 4) is 6.07 Å². The minimum atomic E-state index is -0.826. The van der Waals surface area contributed by atoms with Crippen LogP contribution in [0.25, 0.3) is 0 Å². The summed E-state index contributed by atoms with van der Waals surface area (Å²) >= 11 is 0. The van der Waals surface area contributed by atoms with Gasteiger partial charge in [-0.05, 0) is 31.8 Å². The molecule has 0 aliphatic carbocycles. The van der Waals surface area contributed by atoms with E-state index in [2.05, 4.69) is 6.07 Å². The number of carboxylic acid groups (broad SMARTS) is 1. The highest BCUT2D eigenvalue weighted by Crippen LogP contribution is 2.07. The number of nitriles is 1. The molecule has 0 aliphatic rings. The molecular formula is C14H19N3O2. The lowest BCUT2D eigenvalue weighted by Gasteiger charge is -2.22. The average Bonchev–Trinajstić information content (AvgIpc) is 2.36. The van der Waals surface area contributed by atoms with Gasteiger partial charge in [0.15, 0.2) is 0 Å². The van der Waals surface area contributed by atoms with Gasteiger partial charge >= 0.3 is 5.97 Å². The summed E-state index contributed by atoms with van der Waals surface area (Å²) in [5.41, 5.74) is 1.63. The Labute approximate surface area is 113 Å². The maximum atomic E-state index is 10.8. The zero-order valence-corrected chi connectivity index (χ0v) is 11.3. The first-order valence-corrected chi connectivity index (χ1v) is 6.09. The summed E-state index contributed by atoms with van der Waals surface area (Å²) in [4.78, 5) is 14.7. The first kappa shape index (κ1) is 15.2. The smallest absolute Gasteiger partial charge is 0.317 e. The molecule has 0 heterocycles. The number of likely N-dealkylation sites (N-methyl/N-ethyl adjacent to an activating group) is 1. The molecule has 0 aromatic heterocycles. The van der Waals surface area contributed by atoms with Crippen molar-refractivity contribution in [2.75, 3.05) is 33.7 Å². The van der Waals surface area contributed by atoms with E-state index in [-0.39, 0.29) is 6.54 Å². The lowest BCUT2D eigenvalue weighted by atomic mass is 10.1. The highest BCUT2D eigenvalue weighted by molar-refractivity contribution is 5.69. The Morgan fingerprint density at radius 3 is 2.37 bits per heavy atom. The molecule has 1 aromatic rings. The third kappa shape index (κ3) is 6.00. The van der Waals surface area contributed by atoms with Gasteiger partial charge in [0, 0.05) is 19.6 Å². The van der Waals surface area contributed by atoms with Gasteiger partial charge in [0.2, 0.25) is 0 Å². The molecule has 5 nitrogen and oxygen atoms in total. The Hall–Kier alpha value is -1.90. The number of carbonyl (C=O) groups is 1. The van der Waals surface area contributed by atoms with Crippen LogP contribution in [0.4, 0.5) is 0 Å². The largest absolute Gasteiger partial charge is 0.480 e. The van der Waals surface area contributed by atoms with Crippen LogP contribution in [-0.4, -0.2) is 54.6 Å². The molecule has 0 saturated carbocycles. The van der Waals surface area contributed by atoms with Crippen LogP contribution < -0.4 is 0 Å². The summed E-state index contributed by atoms with van der Waals surface area (Å²) < 4.78 is 0. The molecule has 1 aromatic carbocycles. The second kappa shape index (κ2) is 7.52. The Morgan fingerprint density at radius 1 is 1.26 bits per heavy atom. The second-order valence-corrected chi connectivity index (χ2v) is 4.72. The number of benzene rings is 1. The van der Waals surface area contributed by atoms with E-state index in [1.165, 1.54) is 0 Å². The Bertz CT molecular complexity index is 449. The number of aliphatic carboxylic acids is 1. The first-order chi connectivity index (χ1) is 9.01. The van der Waals surface area contributed by atoms with E-state index in [4.69, 9.17) is 10.4 Å². The van der Waals surface area contributed by atoms with E-state index in [0.29, 0.717) is 18.7 Å². The summed E-state index contributed by atoms with van der Waals surface area (Å²) in [7, 11) is 3.92. The van der Waals surface area contributed by atoms with Crippen molar-refractivity contribution in [1.82, 2.24) is 9.80 Å². The highest BCUT2D eigenvalue weighted by Gasteiger charge is 2.10. The van der Waals surface area contributed by atoms with Gasteiger partial charge in [0.1, 0.15) is 0 Å². The summed E-state index contributed by atoms with van der Waals surface area (Å²) in [6.45, 7) is 2.10. The molecule has 0 radical (unpaired) electrons. The Kier molecular flexibility index (Phi) is 6.00. The standard InChI is InChI=1S/C14H19N3O2/c1-16(2)7-8-17(11-14(18)19)10-13-5-3-12(9-15)4-6-13/h3-6H,7-8,10-11H2,1-2H3,(H,18,19). The number of carboxylic acids is 1. The van der Waals surface area contributed by atoms with Gasteiger partial charge in [-0.1, -0.05) is 12.1 Å². The molecular weight excluding hydrogens is 242 g/mol. The average molecular weight is 261 g/mol. The van der Waals surface area contributed by atoms with Crippen molar-refractivity contribution in [3.05, 3.63) is 35.4 Å². The van der Waals surface area contributed by atoms with Gasteiger partial charge < -0.3 is 10.0 Å². The van der Waals surface area contributed by atoms with Crippen LogP contribution in [0.1, 0.15) is 11.1 Å². The molecule has 0 spiro atoms. The molecule has 0 aliphatic heterocycles. The summed E-state index contributed by atoms with van der Waals surface area (Å²) in [6.07, 6.45) is 0. The fourth-order valence-corrected chi connectivity index (χ4v) is 1.69. The van der Waals surface area contributed by atoms with Crippen molar-refractivity contribution < 1.29 is 9.90 Å². The SMILES string of the molecule is CN(C)CCN(CC(=O)O)Cc1ccc(C#N)cc1. The first-order valence-electron chi connectivity index (χ1n) is 6.09. The molecule has 0 fully saturated rings. The molecule has 19 heavy (non-hydrogen) atoms. The van der Waals surface area contributed by atoms with Crippen LogP contribution in [0.3, 0.4) is 0 Å². The fourth-order valence-electron chi connectivity index (χ4n) is 1.69. The van der Waals surface area contributed by atoms with Gasteiger partial charge in [-0.2, -0.15) is 5.26 Å². The molecule has 0 atom stereocenters. The quantitative estimate of drug-likeness (QED) is 0.793. The maximum Gasteiger partial charge on any atom is 0.317 e. The summed E-state index contributed by atoms with van der Waals surface area (Å²) in [5, 5.41) is 17.6. The molecule has 0 amide bonds. The molecule has 0 unspecified atom stereocenters. The third-order valence-electron chi connectivity index (χ3n) is 2.71. The summed E-state index contributed by atoms with van der Waals surface area (Å²) in [6, 6.07) is 9.29. The van der Waals surface area contributed by atoms with E-state index >= 15 is 0 Å². The van der Waals surface area contributed by atoms with Crippen LogP contribution in [0.2, 0.25) is 0 Å². The van der Waals surface area contributed by atoms with Crippen LogP contribution in [-0.2, 0) is 11.3 Å². The normalized spacial score (nSPS) is 10.7. The van der Waals surface area contributed by atoms with Crippen molar-refractivity contribution in [2.45, 2.75) is 6.54 Å². The maximum absolute atomic E-state index is 10.8. The molecule has 102 valence electrons. The lowest BCUT2D eigenvalue weighted by molar-refractivity contribution is -0.138. The zero-order chi connectivity index (χ0) is 14.3. The Morgan fingerprint density at radius 2 is 1.89 bits per heavy atom. The zero-order valence-electron chi connectivity index (χ0n) is 11.3. The predicted molar refractivity (Wildman–Crippen MR) is 72.6 cm³/mol. The minimum absolute atomic E-state index is 0.0217. The van der Waals surface area contributed by atoms with Crippen LogP contribution in [0.15, 0.2) is 24.3 Å². The van der Waals surface area contributed by atoms with Crippen molar-refractivity contribution in [2.24, 2.45) is 0 Å².